The number of benzene rings is 8. The van der Waals surface area contributed by atoms with E-state index in [0.717, 1.165) is 38.8 Å². The van der Waals surface area contributed by atoms with Crippen molar-refractivity contribution < 1.29 is 4.42 Å². The summed E-state index contributed by atoms with van der Waals surface area (Å²) in [5.41, 5.74) is 12.6. The number of furan rings is 1. The molecule has 0 amide bonds. The van der Waals surface area contributed by atoms with Crippen molar-refractivity contribution >= 4 is 81.3 Å². The molecule has 0 N–H and O–H groups in total. The smallest absolute Gasteiger partial charge is 0.145 e. The number of nitrogens with zero attached hydrogens (tertiary/aromatic N) is 1. The van der Waals surface area contributed by atoms with E-state index in [1.165, 1.54) is 64.6 Å². The second-order valence-electron chi connectivity index (χ2n) is 14.5. The van der Waals surface area contributed by atoms with Crippen LogP contribution in [0.2, 0.25) is 0 Å². The molecular formula is C49H33NOS. The van der Waals surface area contributed by atoms with Gasteiger partial charge in [-0.25, -0.2) is 0 Å². The molecule has 0 bridgehead atoms. The molecule has 0 radical (unpaired) electrons. The summed E-state index contributed by atoms with van der Waals surface area (Å²) in [4.78, 5) is 2.53. The third-order valence-corrected chi connectivity index (χ3v) is 12.5. The van der Waals surface area contributed by atoms with E-state index in [-0.39, 0.29) is 5.41 Å². The molecule has 10 aromatic rings. The maximum Gasteiger partial charge on any atom is 0.145 e. The Morgan fingerprint density at radius 1 is 0.519 bits per heavy atom. The lowest BCUT2D eigenvalue weighted by molar-refractivity contribution is 0.660. The summed E-state index contributed by atoms with van der Waals surface area (Å²) in [6.45, 7) is 4.72. The highest BCUT2D eigenvalue weighted by Gasteiger charge is 2.38. The van der Waals surface area contributed by atoms with E-state index in [0.29, 0.717) is 0 Å². The third kappa shape index (κ3) is 4.11. The number of anilines is 3. The minimum absolute atomic E-state index is 0.130. The Hall–Kier alpha value is -6.16. The van der Waals surface area contributed by atoms with Crippen LogP contribution in [0.15, 0.2) is 168 Å². The summed E-state index contributed by atoms with van der Waals surface area (Å²) in [7, 11) is 0. The molecule has 246 valence electrons. The van der Waals surface area contributed by atoms with Gasteiger partial charge < -0.3 is 9.32 Å². The average Bonchev–Trinajstić information content (AvgIpc) is 3.84. The van der Waals surface area contributed by atoms with Crippen LogP contribution in [0.3, 0.4) is 0 Å². The maximum atomic E-state index is 6.91. The number of para-hydroxylation sites is 1. The van der Waals surface area contributed by atoms with Gasteiger partial charge in [-0.15, -0.1) is 11.3 Å². The van der Waals surface area contributed by atoms with Crippen LogP contribution < -0.4 is 4.90 Å². The van der Waals surface area contributed by atoms with Crippen molar-refractivity contribution in [1.82, 2.24) is 0 Å². The maximum absolute atomic E-state index is 6.91. The number of rotatable bonds is 4. The molecule has 0 unspecified atom stereocenters. The first-order chi connectivity index (χ1) is 25.6. The van der Waals surface area contributed by atoms with E-state index in [1.54, 1.807) is 0 Å². The van der Waals surface area contributed by atoms with Crippen molar-refractivity contribution in [2.24, 2.45) is 0 Å². The highest BCUT2D eigenvalue weighted by Crippen LogP contribution is 2.56. The first kappa shape index (κ1) is 29.6. The first-order valence-corrected chi connectivity index (χ1v) is 18.7. The molecule has 1 aliphatic carbocycles. The zero-order valence-electron chi connectivity index (χ0n) is 28.9. The molecule has 11 rings (SSSR count). The second kappa shape index (κ2) is 10.9. The Morgan fingerprint density at radius 2 is 1.23 bits per heavy atom. The van der Waals surface area contributed by atoms with Crippen molar-refractivity contribution in [1.29, 1.82) is 0 Å². The van der Waals surface area contributed by atoms with Gasteiger partial charge in [0.1, 0.15) is 11.2 Å². The van der Waals surface area contributed by atoms with Gasteiger partial charge in [0.05, 0.1) is 27.1 Å². The van der Waals surface area contributed by atoms with Gasteiger partial charge in [-0.2, -0.15) is 0 Å². The molecule has 2 nitrogen and oxygen atoms in total. The molecule has 8 aromatic carbocycles. The minimum atomic E-state index is -0.130. The predicted molar refractivity (Wildman–Crippen MR) is 222 cm³/mol. The van der Waals surface area contributed by atoms with Crippen LogP contribution >= 0.6 is 11.3 Å². The van der Waals surface area contributed by atoms with E-state index in [1.807, 2.05) is 11.3 Å². The molecule has 0 spiro atoms. The molecular weight excluding hydrogens is 651 g/mol. The van der Waals surface area contributed by atoms with Crippen LogP contribution in [0, 0.1) is 0 Å². The lowest BCUT2D eigenvalue weighted by atomic mass is 9.82. The summed E-state index contributed by atoms with van der Waals surface area (Å²) in [6.07, 6.45) is 0. The second-order valence-corrected chi connectivity index (χ2v) is 15.5. The fraction of sp³-hybridized carbons (Fsp3) is 0.0612. The fourth-order valence-corrected chi connectivity index (χ4v) is 10.0. The van der Waals surface area contributed by atoms with Crippen LogP contribution in [0.1, 0.15) is 25.0 Å². The normalized spacial score (nSPS) is 13.3. The molecule has 0 atom stereocenters. The van der Waals surface area contributed by atoms with Gasteiger partial charge in [0, 0.05) is 37.4 Å². The Kier molecular flexibility index (Phi) is 6.21. The first-order valence-electron chi connectivity index (χ1n) is 17.9. The number of hydrogen-bond donors (Lipinski definition) is 0. The summed E-state index contributed by atoms with van der Waals surface area (Å²) in [6, 6.07) is 59.8. The monoisotopic (exact) mass is 683 g/mol. The molecule has 0 saturated heterocycles. The fourth-order valence-electron chi connectivity index (χ4n) is 8.80. The van der Waals surface area contributed by atoms with Crippen molar-refractivity contribution in [3.05, 3.63) is 175 Å². The largest absolute Gasteiger partial charge is 0.455 e. The third-order valence-electron chi connectivity index (χ3n) is 11.3. The summed E-state index contributed by atoms with van der Waals surface area (Å²) in [5, 5.41) is 7.23. The van der Waals surface area contributed by atoms with Crippen molar-refractivity contribution in [2.75, 3.05) is 4.90 Å². The quantitative estimate of drug-likeness (QED) is 0.184. The van der Waals surface area contributed by atoms with E-state index in [2.05, 4.69) is 183 Å². The van der Waals surface area contributed by atoms with E-state index in [4.69, 9.17) is 4.42 Å². The molecule has 2 heterocycles. The zero-order valence-corrected chi connectivity index (χ0v) is 29.7. The molecule has 52 heavy (non-hydrogen) atoms. The van der Waals surface area contributed by atoms with Crippen molar-refractivity contribution in [3.63, 3.8) is 0 Å². The van der Waals surface area contributed by atoms with Crippen molar-refractivity contribution in [2.45, 2.75) is 19.3 Å². The molecule has 0 saturated carbocycles. The van der Waals surface area contributed by atoms with Crippen LogP contribution in [-0.4, -0.2) is 0 Å². The lowest BCUT2D eigenvalue weighted by Crippen LogP contribution is -2.16. The van der Waals surface area contributed by atoms with E-state index >= 15 is 0 Å². The average molecular weight is 684 g/mol. The van der Waals surface area contributed by atoms with Gasteiger partial charge in [-0.1, -0.05) is 135 Å². The van der Waals surface area contributed by atoms with Gasteiger partial charge in [0.15, 0.2) is 0 Å². The Morgan fingerprint density at radius 3 is 2.15 bits per heavy atom. The number of thiophene rings is 1. The SMILES string of the molecule is CC1(C)c2ccccc2-c2c(N(c3cccc4c3sc3ccccc34)c3ccc(-c4ccc5ccccc5c4)c4oc5ccccc5c34)cccc21. The molecule has 2 aromatic heterocycles. The highest BCUT2D eigenvalue weighted by atomic mass is 32.1. The Labute approximate surface area is 305 Å². The molecule has 0 fully saturated rings. The van der Waals surface area contributed by atoms with E-state index < -0.39 is 0 Å². The summed E-state index contributed by atoms with van der Waals surface area (Å²) in [5.74, 6) is 0. The van der Waals surface area contributed by atoms with Gasteiger partial charge in [-0.3, -0.25) is 0 Å². The Balaban J connectivity index is 1.27. The standard InChI is InChI=1S/C49H33NOS/c1-49(2)38-19-8-5-16-36(38)45-39(49)20-12-21-40(45)50(42-22-11-18-35-34-15-7-10-24-44(34)52-48(35)42)41-28-27-33(32-26-25-30-13-3-4-14-31(30)29-32)47-46(41)37-17-6-9-23-43(37)51-47/h3-29H,1-2H3. The van der Waals surface area contributed by atoms with Crippen molar-refractivity contribution in [3.8, 4) is 22.3 Å². The lowest BCUT2D eigenvalue weighted by Gasteiger charge is -2.30. The van der Waals surface area contributed by atoms with E-state index in [9.17, 15) is 0 Å². The number of fused-ring (bicyclic) bond motifs is 10. The number of hydrogen-bond acceptors (Lipinski definition) is 3. The summed E-state index contributed by atoms with van der Waals surface area (Å²) >= 11 is 1.87. The van der Waals surface area contributed by atoms with Crippen LogP contribution in [0.5, 0.6) is 0 Å². The predicted octanol–water partition coefficient (Wildman–Crippen LogP) is 14.6. The highest BCUT2D eigenvalue weighted by molar-refractivity contribution is 7.26. The van der Waals surface area contributed by atoms with Gasteiger partial charge >= 0.3 is 0 Å². The molecule has 1 aliphatic rings. The van der Waals surface area contributed by atoms with Gasteiger partial charge in [0.25, 0.3) is 0 Å². The topological polar surface area (TPSA) is 16.4 Å². The Bertz CT molecular complexity index is 3070. The van der Waals surface area contributed by atoms with Crippen LogP contribution in [-0.2, 0) is 5.41 Å². The molecule has 3 heteroatoms. The van der Waals surface area contributed by atoms with Gasteiger partial charge in [0.2, 0.25) is 0 Å². The van der Waals surface area contributed by atoms with Crippen LogP contribution in [0.4, 0.5) is 17.1 Å². The molecule has 0 aliphatic heterocycles. The minimum Gasteiger partial charge on any atom is -0.455 e. The van der Waals surface area contributed by atoms with Gasteiger partial charge in [-0.05, 0) is 75.5 Å². The zero-order chi connectivity index (χ0) is 34.6. The van der Waals surface area contributed by atoms with Crippen LogP contribution in [0.25, 0.3) is 75.1 Å². The summed E-state index contributed by atoms with van der Waals surface area (Å²) < 4.78 is 9.47.